The van der Waals surface area contributed by atoms with Crippen molar-refractivity contribution in [3.63, 3.8) is 0 Å². The second kappa shape index (κ2) is 6.92. The molecular weight excluding hydrogens is 388 g/mol. The van der Waals surface area contributed by atoms with Gasteiger partial charge in [-0.1, -0.05) is 12.1 Å². The van der Waals surface area contributed by atoms with Crippen molar-refractivity contribution in [3.8, 4) is 0 Å². The average Bonchev–Trinajstić information content (AvgIpc) is 2.80. The van der Waals surface area contributed by atoms with Crippen molar-refractivity contribution in [3.05, 3.63) is 35.1 Å². The van der Waals surface area contributed by atoms with Crippen LogP contribution in [0.3, 0.4) is 0 Å². The van der Waals surface area contributed by atoms with Crippen molar-refractivity contribution in [1.29, 1.82) is 0 Å². The highest BCUT2D eigenvalue weighted by molar-refractivity contribution is 5.76. The topological polar surface area (TPSA) is 61.4 Å². The summed E-state index contributed by atoms with van der Waals surface area (Å²) in [6.45, 7) is 2.83. The van der Waals surface area contributed by atoms with E-state index < -0.39 is 11.2 Å². The van der Waals surface area contributed by atoms with Crippen LogP contribution in [0.2, 0.25) is 0 Å². The van der Waals surface area contributed by atoms with E-state index in [1.54, 1.807) is 17.9 Å². The van der Waals surface area contributed by atoms with Crippen LogP contribution in [0.1, 0.15) is 74.8 Å². The van der Waals surface area contributed by atoms with Crippen LogP contribution in [0.15, 0.2) is 18.2 Å². The molecule has 3 amide bonds. The molecule has 1 aromatic carbocycles. The molecule has 0 radical (unpaired) electrons. The van der Waals surface area contributed by atoms with Gasteiger partial charge >= 0.3 is 6.03 Å². The first kappa shape index (κ1) is 19.8. The number of amides is 3. The monoisotopic (exact) mass is 417 g/mol. The third-order valence-electron chi connectivity index (χ3n) is 7.74. The smallest absolute Gasteiger partial charge is 0.315 e. The quantitative estimate of drug-likeness (QED) is 0.770. The molecule has 4 unspecified atom stereocenters. The number of likely N-dealkylation sites (tertiary alicyclic amines) is 1. The van der Waals surface area contributed by atoms with Crippen LogP contribution in [-0.2, 0) is 4.79 Å². The van der Waals surface area contributed by atoms with Crippen LogP contribution in [0.5, 0.6) is 0 Å². The highest BCUT2D eigenvalue weighted by atomic mass is 19.1. The number of benzene rings is 1. The lowest BCUT2D eigenvalue weighted by Gasteiger charge is -2.51. The molecule has 162 valence electrons. The minimum atomic E-state index is -1.36. The zero-order valence-electron chi connectivity index (χ0n) is 17.3. The van der Waals surface area contributed by atoms with E-state index in [9.17, 15) is 14.0 Å². The predicted octanol–water partition coefficient (Wildman–Crippen LogP) is 3.74. The summed E-state index contributed by atoms with van der Waals surface area (Å²) in [7, 11) is 0. The third-order valence-corrected chi connectivity index (χ3v) is 7.74. The fraction of sp³-hybridized carbons (Fsp3) is 0.652. The van der Waals surface area contributed by atoms with E-state index in [2.05, 4.69) is 10.6 Å². The molecule has 1 saturated heterocycles. The van der Waals surface area contributed by atoms with Gasteiger partial charge in [0.2, 0.25) is 5.91 Å². The van der Waals surface area contributed by atoms with Crippen molar-refractivity contribution >= 4 is 11.9 Å². The van der Waals surface area contributed by atoms with Crippen molar-refractivity contribution < 1.29 is 18.4 Å². The number of rotatable bonds is 2. The molecule has 2 saturated carbocycles. The Kier molecular flexibility index (Phi) is 4.56. The molecule has 7 heteroatoms. The molecular formula is C23H29F2N3O2. The molecule has 4 aliphatic carbocycles. The van der Waals surface area contributed by atoms with E-state index in [0.717, 1.165) is 18.4 Å². The number of alkyl halides is 1. The van der Waals surface area contributed by atoms with E-state index in [0.29, 0.717) is 50.8 Å². The van der Waals surface area contributed by atoms with Gasteiger partial charge in [-0.3, -0.25) is 4.79 Å². The Hall–Kier alpha value is -2.18. The SMILES string of the molecule is CC(=O)N1CCC(NC(=O)NC23CC4CC(F)(CC(C2)c2c(F)cccc24)C3)CC1. The molecule has 5 nitrogen and oxygen atoms in total. The number of carbonyl (C=O) groups is 2. The maximum absolute atomic E-state index is 15.8. The number of hydrogen-bond acceptors (Lipinski definition) is 2. The second-order valence-corrected chi connectivity index (χ2v) is 9.94. The average molecular weight is 418 g/mol. The summed E-state index contributed by atoms with van der Waals surface area (Å²) in [5.74, 6) is -0.457. The van der Waals surface area contributed by atoms with E-state index in [-0.39, 0.29) is 35.6 Å². The first-order valence-electron chi connectivity index (χ1n) is 11.1. The summed E-state index contributed by atoms with van der Waals surface area (Å²) in [6, 6.07) is 4.85. The van der Waals surface area contributed by atoms with Gasteiger partial charge in [-0.05, 0) is 67.6 Å². The molecule has 2 N–H and O–H groups in total. The summed E-state index contributed by atoms with van der Waals surface area (Å²) in [4.78, 5) is 26.1. The Bertz CT molecular complexity index is 885. The van der Waals surface area contributed by atoms with Crippen LogP contribution in [0.4, 0.5) is 13.6 Å². The van der Waals surface area contributed by atoms with Crippen LogP contribution in [0, 0.1) is 5.82 Å². The second-order valence-electron chi connectivity index (χ2n) is 9.94. The van der Waals surface area contributed by atoms with Crippen LogP contribution >= 0.6 is 0 Å². The van der Waals surface area contributed by atoms with Gasteiger partial charge < -0.3 is 15.5 Å². The molecule has 4 atom stereocenters. The molecule has 4 bridgehead atoms. The van der Waals surface area contributed by atoms with Crippen LogP contribution < -0.4 is 10.6 Å². The van der Waals surface area contributed by atoms with Crippen molar-refractivity contribution in [1.82, 2.24) is 15.5 Å². The lowest BCUT2D eigenvalue weighted by Crippen LogP contribution is -2.62. The summed E-state index contributed by atoms with van der Waals surface area (Å²) >= 11 is 0. The summed E-state index contributed by atoms with van der Waals surface area (Å²) in [6.07, 6.45) is 3.73. The number of halogens is 2. The van der Waals surface area contributed by atoms with Crippen molar-refractivity contribution in [2.45, 2.75) is 81.0 Å². The standard InChI is InChI=1S/C23H29F2N3O2/c1-14(29)28-7-5-17(6-8-28)26-21(30)27-23-11-15-9-22(25,13-23)10-16(12-23)20-18(15)3-2-4-19(20)24/h2-4,15-17H,5-13H2,1H3,(H2,26,27,30). The Labute approximate surface area is 175 Å². The maximum Gasteiger partial charge on any atom is 0.315 e. The third kappa shape index (κ3) is 3.36. The minimum absolute atomic E-state index is 0.00526. The highest BCUT2D eigenvalue weighted by Gasteiger charge is 2.58. The number of piperidine rings is 1. The molecule has 1 aromatic rings. The molecule has 6 rings (SSSR count). The molecule has 5 aliphatic rings. The van der Waals surface area contributed by atoms with Crippen molar-refractivity contribution in [2.24, 2.45) is 0 Å². The van der Waals surface area contributed by atoms with Crippen LogP contribution in [0.25, 0.3) is 0 Å². The van der Waals surface area contributed by atoms with Gasteiger partial charge in [0.1, 0.15) is 11.5 Å². The van der Waals surface area contributed by atoms with E-state index in [1.807, 2.05) is 6.07 Å². The Balaban J connectivity index is 1.32. The minimum Gasteiger partial charge on any atom is -0.343 e. The largest absolute Gasteiger partial charge is 0.343 e. The molecule has 1 heterocycles. The van der Waals surface area contributed by atoms with Gasteiger partial charge in [-0.25, -0.2) is 13.6 Å². The molecule has 3 fully saturated rings. The lowest BCUT2D eigenvalue weighted by atomic mass is 9.61. The number of hydrogen-bond donors (Lipinski definition) is 2. The normalized spacial score (nSPS) is 35.0. The number of urea groups is 1. The lowest BCUT2D eigenvalue weighted by molar-refractivity contribution is -0.129. The number of carbonyl (C=O) groups excluding carboxylic acids is 2. The van der Waals surface area contributed by atoms with Gasteiger partial charge in [0, 0.05) is 38.0 Å². The van der Waals surface area contributed by atoms with Gasteiger partial charge in [0.05, 0.1) is 0 Å². The molecule has 0 spiro atoms. The van der Waals surface area contributed by atoms with Crippen molar-refractivity contribution in [2.75, 3.05) is 13.1 Å². The van der Waals surface area contributed by atoms with E-state index >= 15 is 4.39 Å². The molecule has 30 heavy (non-hydrogen) atoms. The number of nitrogens with zero attached hydrogens (tertiary/aromatic N) is 1. The van der Waals surface area contributed by atoms with E-state index in [4.69, 9.17) is 0 Å². The van der Waals surface area contributed by atoms with Gasteiger partial charge in [-0.2, -0.15) is 0 Å². The summed E-state index contributed by atoms with van der Waals surface area (Å²) in [5, 5.41) is 6.17. The zero-order chi connectivity index (χ0) is 21.1. The van der Waals surface area contributed by atoms with Gasteiger partial charge in [0.15, 0.2) is 0 Å². The van der Waals surface area contributed by atoms with Crippen LogP contribution in [-0.4, -0.2) is 47.2 Å². The zero-order valence-corrected chi connectivity index (χ0v) is 17.3. The Morgan fingerprint density at radius 1 is 1.10 bits per heavy atom. The fourth-order valence-electron chi connectivity index (χ4n) is 6.74. The Morgan fingerprint density at radius 2 is 1.80 bits per heavy atom. The number of nitrogens with one attached hydrogen (secondary N) is 2. The van der Waals surface area contributed by atoms with Gasteiger partial charge in [-0.15, -0.1) is 0 Å². The van der Waals surface area contributed by atoms with E-state index in [1.165, 1.54) is 6.07 Å². The fourth-order valence-corrected chi connectivity index (χ4v) is 6.74. The maximum atomic E-state index is 15.8. The molecule has 0 aromatic heterocycles. The summed E-state index contributed by atoms with van der Waals surface area (Å²) < 4.78 is 30.5. The predicted molar refractivity (Wildman–Crippen MR) is 108 cm³/mol. The summed E-state index contributed by atoms with van der Waals surface area (Å²) in [5.41, 5.74) is -0.407. The molecule has 1 aliphatic heterocycles. The first-order chi connectivity index (χ1) is 14.3. The Morgan fingerprint density at radius 3 is 2.53 bits per heavy atom. The highest BCUT2D eigenvalue weighted by Crippen LogP contribution is 2.61. The first-order valence-corrected chi connectivity index (χ1v) is 11.1. The van der Waals surface area contributed by atoms with Gasteiger partial charge in [0.25, 0.3) is 0 Å².